The summed E-state index contributed by atoms with van der Waals surface area (Å²) < 4.78 is 42.4. The fourth-order valence-electron chi connectivity index (χ4n) is 3.87. The van der Waals surface area contributed by atoms with Gasteiger partial charge in [0.2, 0.25) is 5.91 Å². The molecule has 0 spiro atoms. The summed E-state index contributed by atoms with van der Waals surface area (Å²) in [5, 5.41) is 5.44. The monoisotopic (exact) mass is 423 g/mol. The normalized spacial score (nSPS) is 27.1. The summed E-state index contributed by atoms with van der Waals surface area (Å²) in [7, 11) is -3.17. The first-order chi connectivity index (χ1) is 13.8. The van der Waals surface area contributed by atoms with Gasteiger partial charge >= 0.3 is 0 Å². The van der Waals surface area contributed by atoms with Gasteiger partial charge < -0.3 is 9.64 Å². The van der Waals surface area contributed by atoms with Crippen LogP contribution in [0.15, 0.2) is 29.4 Å². The second-order valence-electron chi connectivity index (χ2n) is 7.50. The molecule has 0 aromatic heterocycles. The quantitative estimate of drug-likeness (QED) is 0.720. The molecular weight excluding hydrogens is 401 g/mol. The molecule has 8 nitrogen and oxygen atoms in total. The molecule has 10 heteroatoms. The highest BCUT2D eigenvalue weighted by Gasteiger charge is 2.38. The van der Waals surface area contributed by atoms with E-state index in [4.69, 9.17) is 4.74 Å². The van der Waals surface area contributed by atoms with Crippen molar-refractivity contribution in [2.24, 2.45) is 5.10 Å². The molecule has 2 saturated heterocycles. The maximum absolute atomic E-state index is 13.2. The number of hydrogen-bond acceptors (Lipinski definition) is 6. The fraction of sp³-hybridized carbons (Fsp3) is 0.526. The van der Waals surface area contributed by atoms with E-state index in [-0.39, 0.29) is 53.8 Å². The van der Waals surface area contributed by atoms with Crippen LogP contribution in [-0.4, -0.2) is 73.1 Å². The number of sulfone groups is 1. The van der Waals surface area contributed by atoms with Gasteiger partial charge in [-0.2, -0.15) is 5.10 Å². The number of carbonyl (C=O) groups excluding carboxylic acids is 2. The van der Waals surface area contributed by atoms with Gasteiger partial charge in [0.1, 0.15) is 17.6 Å². The average Bonchev–Trinajstić information content (AvgIpc) is 3.08. The number of rotatable bonds is 3. The molecule has 0 bridgehead atoms. The predicted octanol–water partition coefficient (Wildman–Crippen LogP) is 0.891. The molecule has 1 aromatic rings. The SMILES string of the molecule is O=C(C1=NN(C2CCS(=O)(=O)C2)C(=O)CC1)N1CCOC(c2ccc(F)cc2)C1. The topological polar surface area (TPSA) is 96.3 Å². The zero-order valence-corrected chi connectivity index (χ0v) is 16.6. The lowest BCUT2D eigenvalue weighted by Crippen LogP contribution is -2.48. The molecule has 2 unspecified atom stereocenters. The maximum atomic E-state index is 13.2. The molecule has 4 rings (SSSR count). The Bertz CT molecular complexity index is 947. The number of ether oxygens (including phenoxy) is 1. The van der Waals surface area contributed by atoms with Gasteiger partial charge in [-0.25, -0.2) is 17.8 Å². The lowest BCUT2D eigenvalue weighted by Gasteiger charge is -2.35. The van der Waals surface area contributed by atoms with Crippen LogP contribution in [-0.2, 0) is 24.2 Å². The smallest absolute Gasteiger partial charge is 0.270 e. The highest BCUT2D eigenvalue weighted by Crippen LogP contribution is 2.25. The third-order valence-corrected chi connectivity index (χ3v) is 7.21. The van der Waals surface area contributed by atoms with Crippen LogP contribution in [0, 0.1) is 5.82 Å². The van der Waals surface area contributed by atoms with Crippen molar-refractivity contribution in [3.8, 4) is 0 Å². The van der Waals surface area contributed by atoms with Gasteiger partial charge in [-0.05, 0) is 24.1 Å². The van der Waals surface area contributed by atoms with Crippen molar-refractivity contribution in [3.05, 3.63) is 35.6 Å². The second-order valence-corrected chi connectivity index (χ2v) is 9.73. The van der Waals surface area contributed by atoms with Crippen LogP contribution in [0.1, 0.15) is 30.9 Å². The summed E-state index contributed by atoms with van der Waals surface area (Å²) in [6, 6.07) is 5.46. The average molecular weight is 423 g/mol. The first-order valence-corrected chi connectivity index (χ1v) is 11.4. The van der Waals surface area contributed by atoms with Crippen molar-refractivity contribution in [1.82, 2.24) is 9.91 Å². The van der Waals surface area contributed by atoms with Crippen molar-refractivity contribution in [2.45, 2.75) is 31.4 Å². The van der Waals surface area contributed by atoms with E-state index in [2.05, 4.69) is 5.10 Å². The zero-order chi connectivity index (χ0) is 20.6. The zero-order valence-electron chi connectivity index (χ0n) is 15.8. The first-order valence-electron chi connectivity index (χ1n) is 9.59. The van der Waals surface area contributed by atoms with Crippen LogP contribution < -0.4 is 0 Å². The van der Waals surface area contributed by atoms with Crippen molar-refractivity contribution in [2.75, 3.05) is 31.2 Å². The van der Waals surface area contributed by atoms with Gasteiger partial charge in [-0.15, -0.1) is 0 Å². The van der Waals surface area contributed by atoms with Gasteiger partial charge in [0, 0.05) is 19.4 Å². The van der Waals surface area contributed by atoms with Crippen LogP contribution in [0.4, 0.5) is 4.39 Å². The Labute approximate surface area is 168 Å². The molecule has 156 valence electrons. The molecule has 0 N–H and O–H groups in total. The summed E-state index contributed by atoms with van der Waals surface area (Å²) in [4.78, 5) is 26.9. The Hall–Kier alpha value is -2.33. The Morgan fingerprint density at radius 1 is 1.21 bits per heavy atom. The lowest BCUT2D eigenvalue weighted by atomic mass is 10.1. The van der Waals surface area contributed by atoms with Crippen LogP contribution in [0.3, 0.4) is 0 Å². The fourth-order valence-corrected chi connectivity index (χ4v) is 5.57. The number of hydrogen-bond donors (Lipinski definition) is 0. The molecule has 2 amide bonds. The Balaban J connectivity index is 1.48. The predicted molar refractivity (Wildman–Crippen MR) is 102 cm³/mol. The third kappa shape index (κ3) is 4.32. The van der Waals surface area contributed by atoms with E-state index in [0.29, 0.717) is 26.1 Å². The van der Waals surface area contributed by atoms with E-state index >= 15 is 0 Å². The second kappa shape index (κ2) is 7.83. The minimum Gasteiger partial charge on any atom is -0.370 e. The minimum atomic E-state index is -3.17. The minimum absolute atomic E-state index is 0.0308. The van der Waals surface area contributed by atoms with Crippen molar-refractivity contribution in [3.63, 3.8) is 0 Å². The summed E-state index contributed by atoms with van der Waals surface area (Å²) >= 11 is 0. The molecule has 2 fully saturated rings. The molecule has 3 heterocycles. The molecule has 0 saturated carbocycles. The maximum Gasteiger partial charge on any atom is 0.270 e. The third-order valence-electron chi connectivity index (χ3n) is 5.46. The van der Waals surface area contributed by atoms with Crippen LogP contribution >= 0.6 is 0 Å². The van der Waals surface area contributed by atoms with Gasteiger partial charge in [-0.1, -0.05) is 12.1 Å². The number of carbonyl (C=O) groups is 2. The van der Waals surface area contributed by atoms with Crippen LogP contribution in [0.25, 0.3) is 0 Å². The molecule has 1 aromatic carbocycles. The van der Waals surface area contributed by atoms with E-state index in [9.17, 15) is 22.4 Å². The number of nitrogens with zero attached hydrogens (tertiary/aromatic N) is 3. The number of amides is 2. The van der Waals surface area contributed by atoms with Gasteiger partial charge in [0.05, 0.1) is 30.7 Å². The summed E-state index contributed by atoms with van der Waals surface area (Å²) in [6.07, 6.45) is 0.331. The van der Waals surface area contributed by atoms with E-state index in [1.807, 2.05) is 0 Å². The highest BCUT2D eigenvalue weighted by atomic mass is 32.2. The van der Waals surface area contributed by atoms with Crippen molar-refractivity contribution >= 4 is 27.4 Å². The van der Waals surface area contributed by atoms with Gasteiger partial charge in [0.25, 0.3) is 5.91 Å². The molecule has 3 aliphatic rings. The van der Waals surface area contributed by atoms with E-state index in [1.165, 1.54) is 17.1 Å². The highest BCUT2D eigenvalue weighted by molar-refractivity contribution is 7.91. The Morgan fingerprint density at radius 3 is 2.66 bits per heavy atom. The summed E-state index contributed by atoms with van der Waals surface area (Å²) in [5.41, 5.74) is 1.04. The summed E-state index contributed by atoms with van der Waals surface area (Å²) in [6.45, 7) is 1.03. The number of benzene rings is 1. The van der Waals surface area contributed by atoms with Gasteiger partial charge in [-0.3, -0.25) is 9.59 Å². The molecular formula is C19H22FN3O5S. The Morgan fingerprint density at radius 2 is 1.97 bits per heavy atom. The lowest BCUT2D eigenvalue weighted by molar-refractivity contribution is -0.135. The van der Waals surface area contributed by atoms with Crippen molar-refractivity contribution < 1.29 is 27.1 Å². The Kier molecular flexibility index (Phi) is 5.39. The van der Waals surface area contributed by atoms with Gasteiger partial charge in [0.15, 0.2) is 9.84 Å². The molecule has 0 aliphatic carbocycles. The molecule has 29 heavy (non-hydrogen) atoms. The standard InChI is InChI=1S/C19H22FN3O5S/c20-14-3-1-13(2-4-14)17-11-22(8-9-28-17)19(25)16-5-6-18(24)23(21-16)15-7-10-29(26,27)12-15/h1-4,15,17H,5-12H2. The number of hydrazone groups is 1. The first kappa shape index (κ1) is 20.0. The largest absolute Gasteiger partial charge is 0.370 e. The number of halogens is 1. The van der Waals surface area contributed by atoms with E-state index in [1.54, 1.807) is 17.0 Å². The van der Waals surface area contributed by atoms with E-state index in [0.717, 1.165) is 5.56 Å². The molecule has 2 atom stereocenters. The molecule has 0 radical (unpaired) electrons. The van der Waals surface area contributed by atoms with Crippen molar-refractivity contribution in [1.29, 1.82) is 0 Å². The molecule has 3 aliphatic heterocycles. The summed E-state index contributed by atoms with van der Waals surface area (Å²) in [5.74, 6) is -0.960. The van der Waals surface area contributed by atoms with E-state index < -0.39 is 15.9 Å². The van der Waals surface area contributed by atoms with Crippen LogP contribution in [0.5, 0.6) is 0 Å². The number of morpholine rings is 1. The van der Waals surface area contributed by atoms with Crippen LogP contribution in [0.2, 0.25) is 0 Å².